The number of rotatable bonds is 3. The van der Waals surface area contributed by atoms with Crippen LogP contribution in [-0.2, 0) is 0 Å². The van der Waals surface area contributed by atoms with E-state index in [0.717, 1.165) is 5.56 Å². The lowest BCUT2D eigenvalue weighted by atomic mass is 10.1. The van der Waals surface area contributed by atoms with Crippen LogP contribution in [0.1, 0.15) is 5.56 Å². The van der Waals surface area contributed by atoms with Crippen molar-refractivity contribution in [1.82, 2.24) is 0 Å². The minimum absolute atomic E-state index is 0.338. The molecule has 0 aliphatic heterocycles. The first kappa shape index (κ1) is 14.1. The van der Waals surface area contributed by atoms with Crippen molar-refractivity contribution in [3.05, 3.63) is 71.4 Å². The van der Waals surface area contributed by atoms with E-state index in [2.05, 4.69) is 16.3 Å². The van der Waals surface area contributed by atoms with Gasteiger partial charge in [0.25, 0.3) is 0 Å². The van der Waals surface area contributed by atoms with Crippen LogP contribution in [0.15, 0.2) is 75.5 Å². The lowest BCUT2D eigenvalue weighted by Crippen LogP contribution is -1.75. The average molecular weight is 308 g/mol. The molecule has 0 fully saturated rings. The number of benzene rings is 2. The Balaban J connectivity index is 2.03. The smallest absolute Gasteiger partial charge is 0.162 e. The maximum atomic E-state index is 9.19. The Morgan fingerprint density at radius 2 is 1.68 bits per heavy atom. The molecule has 0 amide bonds. The molecular formula is C17H10ClN3O. The van der Waals surface area contributed by atoms with Crippen LogP contribution in [-0.4, -0.2) is 0 Å². The van der Waals surface area contributed by atoms with Crippen molar-refractivity contribution in [3.63, 3.8) is 0 Å². The van der Waals surface area contributed by atoms with Crippen molar-refractivity contribution in [2.75, 3.05) is 0 Å². The molecule has 22 heavy (non-hydrogen) atoms. The first-order chi connectivity index (χ1) is 10.8. The Morgan fingerprint density at radius 1 is 0.955 bits per heavy atom. The zero-order valence-corrected chi connectivity index (χ0v) is 12.2. The van der Waals surface area contributed by atoms with E-state index in [9.17, 15) is 5.26 Å². The van der Waals surface area contributed by atoms with Crippen LogP contribution in [0.5, 0.6) is 0 Å². The summed E-state index contributed by atoms with van der Waals surface area (Å²) in [5.41, 5.74) is 2.24. The van der Waals surface area contributed by atoms with Gasteiger partial charge in [-0.2, -0.15) is 10.4 Å². The molecule has 0 aliphatic carbocycles. The SMILES string of the molecule is N#Cc1coc(-c2ccc(Cl)cc2)c1N=Nc1ccccc1. The summed E-state index contributed by atoms with van der Waals surface area (Å²) in [6, 6.07) is 18.5. The van der Waals surface area contributed by atoms with Crippen LogP contribution in [0.3, 0.4) is 0 Å². The molecule has 1 aromatic heterocycles. The van der Waals surface area contributed by atoms with Gasteiger partial charge in [-0.1, -0.05) is 29.8 Å². The van der Waals surface area contributed by atoms with Crippen LogP contribution in [0, 0.1) is 11.3 Å². The summed E-state index contributed by atoms with van der Waals surface area (Å²) in [6.07, 6.45) is 1.38. The highest BCUT2D eigenvalue weighted by Gasteiger charge is 2.15. The quantitative estimate of drug-likeness (QED) is 0.566. The highest BCUT2D eigenvalue weighted by molar-refractivity contribution is 6.30. The largest absolute Gasteiger partial charge is 0.460 e. The minimum Gasteiger partial charge on any atom is -0.460 e. The monoisotopic (exact) mass is 307 g/mol. The summed E-state index contributed by atoms with van der Waals surface area (Å²) in [7, 11) is 0. The molecule has 0 saturated heterocycles. The molecule has 5 heteroatoms. The first-order valence-electron chi connectivity index (χ1n) is 6.52. The Morgan fingerprint density at radius 3 is 2.36 bits per heavy atom. The number of nitrogens with zero attached hydrogens (tertiary/aromatic N) is 3. The highest BCUT2D eigenvalue weighted by Crippen LogP contribution is 2.36. The Kier molecular flexibility index (Phi) is 3.99. The molecule has 1 heterocycles. The van der Waals surface area contributed by atoms with Crippen molar-refractivity contribution in [2.45, 2.75) is 0 Å². The summed E-state index contributed by atoms with van der Waals surface area (Å²) >= 11 is 5.89. The lowest BCUT2D eigenvalue weighted by Gasteiger charge is -1.99. The van der Waals surface area contributed by atoms with Crippen LogP contribution >= 0.6 is 11.6 Å². The van der Waals surface area contributed by atoms with E-state index in [1.165, 1.54) is 6.26 Å². The number of furan rings is 1. The molecule has 2 aromatic carbocycles. The maximum absolute atomic E-state index is 9.19. The number of hydrogen-bond acceptors (Lipinski definition) is 4. The molecule has 0 atom stereocenters. The van der Waals surface area contributed by atoms with Crippen LogP contribution in [0.2, 0.25) is 5.02 Å². The summed E-state index contributed by atoms with van der Waals surface area (Å²) in [5, 5.41) is 18.1. The van der Waals surface area contributed by atoms with Crippen molar-refractivity contribution < 1.29 is 4.42 Å². The molecular weight excluding hydrogens is 298 g/mol. The van der Waals surface area contributed by atoms with Crippen molar-refractivity contribution in [1.29, 1.82) is 5.26 Å². The Labute approximate surface area is 132 Å². The van der Waals surface area contributed by atoms with Gasteiger partial charge in [0, 0.05) is 10.6 Å². The summed E-state index contributed by atoms with van der Waals surface area (Å²) < 4.78 is 5.48. The van der Waals surface area contributed by atoms with Gasteiger partial charge in [-0.15, -0.1) is 5.11 Å². The second-order valence-corrected chi connectivity index (χ2v) is 4.92. The van der Waals surface area contributed by atoms with Crippen LogP contribution in [0.25, 0.3) is 11.3 Å². The van der Waals surface area contributed by atoms with Gasteiger partial charge >= 0.3 is 0 Å². The molecule has 0 N–H and O–H groups in total. The van der Waals surface area contributed by atoms with E-state index < -0.39 is 0 Å². The van der Waals surface area contributed by atoms with Gasteiger partial charge in [0.2, 0.25) is 0 Å². The number of hydrogen-bond donors (Lipinski definition) is 0. The molecule has 0 aliphatic rings. The summed E-state index contributed by atoms with van der Waals surface area (Å²) in [6.45, 7) is 0. The summed E-state index contributed by atoms with van der Waals surface area (Å²) in [4.78, 5) is 0. The second-order valence-electron chi connectivity index (χ2n) is 4.48. The van der Waals surface area contributed by atoms with Crippen LogP contribution < -0.4 is 0 Å². The predicted octanol–water partition coefficient (Wildman–Crippen LogP) is 5.89. The average Bonchev–Trinajstić information content (AvgIpc) is 2.97. The van der Waals surface area contributed by atoms with Gasteiger partial charge < -0.3 is 4.42 Å². The van der Waals surface area contributed by atoms with Crippen molar-refractivity contribution >= 4 is 23.0 Å². The third kappa shape index (κ3) is 2.90. The van der Waals surface area contributed by atoms with E-state index in [4.69, 9.17) is 16.0 Å². The van der Waals surface area contributed by atoms with Crippen molar-refractivity contribution in [3.8, 4) is 17.4 Å². The Hall–Kier alpha value is -2.90. The van der Waals surface area contributed by atoms with Gasteiger partial charge in [-0.3, -0.25) is 0 Å². The van der Waals surface area contributed by atoms with Crippen molar-refractivity contribution in [2.24, 2.45) is 10.2 Å². The molecule has 0 spiro atoms. The molecule has 0 bridgehead atoms. The van der Waals surface area contributed by atoms with Crippen LogP contribution in [0.4, 0.5) is 11.4 Å². The molecule has 106 valence electrons. The molecule has 0 unspecified atom stereocenters. The number of nitriles is 1. The van der Waals surface area contributed by atoms with E-state index in [-0.39, 0.29) is 0 Å². The first-order valence-corrected chi connectivity index (χ1v) is 6.90. The fraction of sp³-hybridized carbons (Fsp3) is 0. The minimum atomic E-state index is 0.338. The van der Waals surface area contributed by atoms with Gasteiger partial charge in [-0.25, -0.2) is 0 Å². The van der Waals surface area contributed by atoms with Gasteiger partial charge in [-0.05, 0) is 36.4 Å². The number of halogens is 1. The fourth-order valence-corrected chi connectivity index (χ4v) is 2.06. The molecule has 3 aromatic rings. The molecule has 4 nitrogen and oxygen atoms in total. The fourth-order valence-electron chi connectivity index (χ4n) is 1.94. The van der Waals surface area contributed by atoms with Gasteiger partial charge in [0.1, 0.15) is 23.6 Å². The second kappa shape index (κ2) is 6.25. The zero-order chi connectivity index (χ0) is 15.4. The van der Waals surface area contributed by atoms with Gasteiger partial charge in [0.15, 0.2) is 5.76 Å². The standard InChI is InChI=1S/C17H10ClN3O/c18-14-8-6-12(7-9-14)17-16(13(10-19)11-22-17)21-20-15-4-2-1-3-5-15/h1-9,11H. The maximum Gasteiger partial charge on any atom is 0.162 e. The Bertz CT molecular complexity index is 846. The normalized spacial score (nSPS) is 10.7. The highest BCUT2D eigenvalue weighted by atomic mass is 35.5. The van der Waals surface area contributed by atoms with E-state index in [0.29, 0.717) is 27.7 Å². The zero-order valence-electron chi connectivity index (χ0n) is 11.4. The van der Waals surface area contributed by atoms with E-state index >= 15 is 0 Å². The van der Waals surface area contributed by atoms with E-state index in [1.54, 1.807) is 12.1 Å². The topological polar surface area (TPSA) is 61.6 Å². The van der Waals surface area contributed by atoms with E-state index in [1.807, 2.05) is 42.5 Å². The summed E-state index contributed by atoms with van der Waals surface area (Å²) in [5.74, 6) is 0.493. The third-order valence-electron chi connectivity index (χ3n) is 3.01. The molecule has 0 saturated carbocycles. The molecule has 3 rings (SSSR count). The number of azo groups is 1. The third-order valence-corrected chi connectivity index (χ3v) is 3.27. The van der Waals surface area contributed by atoms with Gasteiger partial charge in [0.05, 0.1) is 5.69 Å². The predicted molar refractivity (Wildman–Crippen MR) is 84.5 cm³/mol. The molecule has 0 radical (unpaired) electrons. The lowest BCUT2D eigenvalue weighted by molar-refractivity contribution is 0.581.